The van der Waals surface area contributed by atoms with Gasteiger partial charge in [0.1, 0.15) is 5.75 Å². The van der Waals surface area contributed by atoms with Crippen LogP contribution < -0.4 is 10.5 Å². The summed E-state index contributed by atoms with van der Waals surface area (Å²) in [5, 5.41) is 5.40. The Morgan fingerprint density at radius 1 is 1.50 bits per heavy atom. The third-order valence-electron chi connectivity index (χ3n) is 2.36. The largest absolute Gasteiger partial charge is 0.497 e. The van der Waals surface area contributed by atoms with Gasteiger partial charge in [0, 0.05) is 19.0 Å². The quantitative estimate of drug-likeness (QED) is 0.771. The summed E-state index contributed by atoms with van der Waals surface area (Å²) < 4.78 is 6.96. The molecule has 0 saturated carbocycles. The molecule has 2 aromatic rings. The predicted molar refractivity (Wildman–Crippen MR) is 55.2 cm³/mol. The smallest absolute Gasteiger partial charge is 0.119 e. The molecule has 4 heteroatoms. The highest BCUT2D eigenvalue weighted by atomic mass is 16.5. The first-order valence-corrected chi connectivity index (χ1v) is 4.46. The fourth-order valence-corrected chi connectivity index (χ4v) is 1.60. The SMILES string of the molecule is COc1ccc2nn(C)c(CN)c2c1. The molecule has 1 aromatic carbocycles. The number of hydrogen-bond acceptors (Lipinski definition) is 3. The molecule has 0 spiro atoms. The van der Waals surface area contributed by atoms with Crippen LogP contribution in [0.15, 0.2) is 18.2 Å². The number of aryl methyl sites for hydroxylation is 1. The molecule has 0 atom stereocenters. The van der Waals surface area contributed by atoms with Crippen molar-refractivity contribution in [3.63, 3.8) is 0 Å². The Bertz CT molecular complexity index is 462. The summed E-state index contributed by atoms with van der Waals surface area (Å²) in [5.41, 5.74) is 7.63. The zero-order valence-corrected chi connectivity index (χ0v) is 8.32. The normalized spacial score (nSPS) is 10.8. The Morgan fingerprint density at radius 3 is 2.93 bits per heavy atom. The van der Waals surface area contributed by atoms with Gasteiger partial charge < -0.3 is 10.5 Å². The predicted octanol–water partition coefficient (Wildman–Crippen LogP) is 1.04. The zero-order chi connectivity index (χ0) is 10.1. The molecule has 2 N–H and O–H groups in total. The number of methoxy groups -OCH3 is 1. The van der Waals surface area contributed by atoms with E-state index in [4.69, 9.17) is 10.5 Å². The molecule has 74 valence electrons. The average Bonchev–Trinajstić information content (AvgIpc) is 2.52. The van der Waals surface area contributed by atoms with Gasteiger partial charge in [0.15, 0.2) is 0 Å². The van der Waals surface area contributed by atoms with Crippen LogP contribution in [0.2, 0.25) is 0 Å². The number of fused-ring (bicyclic) bond motifs is 1. The molecule has 0 bridgehead atoms. The molecule has 14 heavy (non-hydrogen) atoms. The second kappa shape index (κ2) is 3.31. The topological polar surface area (TPSA) is 53.1 Å². The van der Waals surface area contributed by atoms with Crippen LogP contribution in [-0.2, 0) is 13.6 Å². The fraction of sp³-hybridized carbons (Fsp3) is 0.300. The number of aromatic nitrogens is 2. The van der Waals surface area contributed by atoms with Crippen molar-refractivity contribution in [1.29, 1.82) is 0 Å². The van der Waals surface area contributed by atoms with Crippen molar-refractivity contribution in [3.05, 3.63) is 23.9 Å². The summed E-state index contributed by atoms with van der Waals surface area (Å²) in [6.45, 7) is 0.486. The van der Waals surface area contributed by atoms with Crippen LogP contribution in [0.1, 0.15) is 5.69 Å². The third-order valence-corrected chi connectivity index (χ3v) is 2.36. The van der Waals surface area contributed by atoms with Crippen LogP contribution in [0.5, 0.6) is 5.75 Å². The van der Waals surface area contributed by atoms with Crippen molar-refractivity contribution in [2.75, 3.05) is 7.11 Å². The van der Waals surface area contributed by atoms with Crippen LogP contribution in [0.3, 0.4) is 0 Å². The van der Waals surface area contributed by atoms with Crippen molar-refractivity contribution >= 4 is 10.9 Å². The van der Waals surface area contributed by atoms with Crippen molar-refractivity contribution in [2.45, 2.75) is 6.54 Å². The van der Waals surface area contributed by atoms with Gasteiger partial charge >= 0.3 is 0 Å². The van der Waals surface area contributed by atoms with Crippen LogP contribution in [-0.4, -0.2) is 16.9 Å². The van der Waals surface area contributed by atoms with Gasteiger partial charge in [-0.2, -0.15) is 5.10 Å². The Labute approximate surface area is 82.3 Å². The van der Waals surface area contributed by atoms with Gasteiger partial charge in [0.2, 0.25) is 0 Å². The van der Waals surface area contributed by atoms with E-state index in [9.17, 15) is 0 Å². The van der Waals surface area contributed by atoms with E-state index in [0.29, 0.717) is 6.54 Å². The van der Waals surface area contributed by atoms with Crippen molar-refractivity contribution in [1.82, 2.24) is 9.78 Å². The average molecular weight is 191 g/mol. The van der Waals surface area contributed by atoms with E-state index in [0.717, 1.165) is 22.3 Å². The van der Waals surface area contributed by atoms with Gasteiger partial charge in [-0.3, -0.25) is 4.68 Å². The second-order valence-electron chi connectivity index (χ2n) is 3.16. The Balaban J connectivity index is 2.71. The molecule has 0 aliphatic carbocycles. The lowest BCUT2D eigenvalue weighted by atomic mass is 10.2. The molecule has 4 nitrogen and oxygen atoms in total. The highest BCUT2D eigenvalue weighted by Gasteiger charge is 2.07. The summed E-state index contributed by atoms with van der Waals surface area (Å²) in [4.78, 5) is 0. The molecule has 0 amide bonds. The standard InChI is InChI=1S/C10H13N3O/c1-13-10(6-11)8-5-7(14-2)3-4-9(8)12-13/h3-5H,6,11H2,1-2H3. The van der Waals surface area contributed by atoms with Crippen molar-refractivity contribution in [2.24, 2.45) is 12.8 Å². The molecular weight excluding hydrogens is 178 g/mol. The van der Waals surface area contributed by atoms with Gasteiger partial charge in [0.05, 0.1) is 18.3 Å². The minimum atomic E-state index is 0.486. The number of nitrogens with two attached hydrogens (primary N) is 1. The minimum absolute atomic E-state index is 0.486. The summed E-state index contributed by atoms with van der Waals surface area (Å²) in [5.74, 6) is 0.834. The van der Waals surface area contributed by atoms with Crippen LogP contribution in [0.4, 0.5) is 0 Å². The van der Waals surface area contributed by atoms with Crippen LogP contribution >= 0.6 is 0 Å². The molecule has 0 aliphatic rings. The summed E-state index contributed by atoms with van der Waals surface area (Å²) in [6.07, 6.45) is 0. The van der Waals surface area contributed by atoms with E-state index in [1.165, 1.54) is 0 Å². The first kappa shape index (κ1) is 9.02. The monoisotopic (exact) mass is 191 g/mol. The van der Waals surface area contributed by atoms with Crippen LogP contribution in [0, 0.1) is 0 Å². The third kappa shape index (κ3) is 1.24. The lowest BCUT2D eigenvalue weighted by molar-refractivity contribution is 0.415. The van der Waals surface area contributed by atoms with E-state index >= 15 is 0 Å². The van der Waals surface area contributed by atoms with E-state index in [-0.39, 0.29) is 0 Å². The maximum atomic E-state index is 5.65. The number of rotatable bonds is 2. The van der Waals surface area contributed by atoms with Gasteiger partial charge in [-0.05, 0) is 18.2 Å². The highest BCUT2D eigenvalue weighted by molar-refractivity contribution is 5.83. The Kier molecular flexibility index (Phi) is 2.13. The molecule has 0 radical (unpaired) electrons. The molecule has 0 saturated heterocycles. The van der Waals surface area contributed by atoms with Crippen molar-refractivity contribution < 1.29 is 4.74 Å². The fourth-order valence-electron chi connectivity index (χ4n) is 1.60. The molecule has 0 aliphatic heterocycles. The summed E-state index contributed by atoms with van der Waals surface area (Å²) in [6, 6.07) is 5.80. The molecular formula is C10H13N3O. The first-order valence-electron chi connectivity index (χ1n) is 4.46. The number of benzene rings is 1. The van der Waals surface area contributed by atoms with Crippen LogP contribution in [0.25, 0.3) is 10.9 Å². The lowest BCUT2D eigenvalue weighted by Gasteiger charge is -1.99. The maximum Gasteiger partial charge on any atom is 0.119 e. The van der Waals surface area contributed by atoms with Gasteiger partial charge in [-0.15, -0.1) is 0 Å². The van der Waals surface area contributed by atoms with E-state index < -0.39 is 0 Å². The highest BCUT2D eigenvalue weighted by Crippen LogP contribution is 2.22. The lowest BCUT2D eigenvalue weighted by Crippen LogP contribution is -2.04. The first-order chi connectivity index (χ1) is 6.76. The summed E-state index contributed by atoms with van der Waals surface area (Å²) in [7, 11) is 3.55. The molecule has 1 aromatic heterocycles. The van der Waals surface area contributed by atoms with Crippen molar-refractivity contribution in [3.8, 4) is 5.75 Å². The number of hydrogen-bond donors (Lipinski definition) is 1. The Morgan fingerprint density at radius 2 is 2.29 bits per heavy atom. The van der Waals surface area contributed by atoms with Gasteiger partial charge in [-0.25, -0.2) is 0 Å². The molecule has 2 rings (SSSR count). The van der Waals surface area contributed by atoms with Gasteiger partial charge in [0.25, 0.3) is 0 Å². The Hall–Kier alpha value is -1.55. The zero-order valence-electron chi connectivity index (χ0n) is 8.32. The molecule has 0 unspecified atom stereocenters. The van der Waals surface area contributed by atoms with E-state index in [1.807, 2.05) is 29.9 Å². The minimum Gasteiger partial charge on any atom is -0.497 e. The number of ether oxygens (including phenoxy) is 1. The van der Waals surface area contributed by atoms with E-state index in [2.05, 4.69) is 5.10 Å². The summed E-state index contributed by atoms with van der Waals surface area (Å²) >= 11 is 0. The molecule has 0 fully saturated rings. The number of nitrogens with zero attached hydrogens (tertiary/aromatic N) is 2. The molecule has 1 heterocycles. The van der Waals surface area contributed by atoms with E-state index in [1.54, 1.807) is 7.11 Å². The second-order valence-corrected chi connectivity index (χ2v) is 3.16. The maximum absolute atomic E-state index is 5.65. The van der Waals surface area contributed by atoms with Gasteiger partial charge in [-0.1, -0.05) is 0 Å².